The van der Waals surface area contributed by atoms with Crippen molar-refractivity contribution in [2.75, 3.05) is 13.2 Å². The molecule has 0 unspecified atom stereocenters. The molecule has 1 rings (SSSR count). The number of carbonyl (C=O) groups is 2. The number of carbonyl (C=O) groups excluding carboxylic acids is 2. The van der Waals surface area contributed by atoms with Crippen LogP contribution in [-0.4, -0.2) is 39.0 Å². The van der Waals surface area contributed by atoms with Gasteiger partial charge in [-0.1, -0.05) is 19.9 Å². The molecule has 0 fully saturated rings. The Balaban J connectivity index is 2.47. The molecule has 0 saturated heterocycles. The number of nitrogens with one attached hydrogen (secondary N) is 2. The topological polar surface area (TPSA) is 125 Å². The van der Waals surface area contributed by atoms with Gasteiger partial charge in [0.2, 0.25) is 10.0 Å². The third-order valence-electron chi connectivity index (χ3n) is 4.56. The molecule has 9 heteroatoms. The summed E-state index contributed by atoms with van der Waals surface area (Å²) in [6.07, 6.45) is -0.225. The summed E-state index contributed by atoms with van der Waals surface area (Å²) in [5, 5.41) is 11.7. The lowest BCUT2D eigenvalue weighted by atomic mass is 9.90. The summed E-state index contributed by atoms with van der Waals surface area (Å²) in [6.45, 7) is 8.16. The van der Waals surface area contributed by atoms with Crippen molar-refractivity contribution in [2.24, 2.45) is 5.92 Å². The van der Waals surface area contributed by atoms with E-state index in [1.165, 1.54) is 6.07 Å². The van der Waals surface area contributed by atoms with Gasteiger partial charge in [-0.25, -0.2) is 13.1 Å². The highest BCUT2D eigenvalue weighted by atomic mass is 32.2. The van der Waals surface area contributed by atoms with Crippen molar-refractivity contribution in [2.45, 2.75) is 51.5 Å². The second kappa shape index (κ2) is 9.66. The Bertz CT molecular complexity index is 874. The lowest BCUT2D eigenvalue weighted by Crippen LogP contribution is -2.50. The Morgan fingerprint density at radius 3 is 2.43 bits per heavy atom. The molecule has 0 aromatic heterocycles. The van der Waals surface area contributed by atoms with Crippen molar-refractivity contribution in [3.05, 3.63) is 29.3 Å². The highest BCUT2D eigenvalue weighted by Crippen LogP contribution is 2.15. The lowest BCUT2D eigenvalue weighted by Gasteiger charge is -2.27. The predicted molar refractivity (Wildman–Crippen MR) is 104 cm³/mol. The van der Waals surface area contributed by atoms with E-state index in [2.05, 4.69) is 10.0 Å². The van der Waals surface area contributed by atoms with Gasteiger partial charge in [-0.15, -0.1) is 0 Å². The van der Waals surface area contributed by atoms with Crippen LogP contribution in [0.2, 0.25) is 0 Å². The molecule has 28 heavy (non-hydrogen) atoms. The van der Waals surface area contributed by atoms with Crippen molar-refractivity contribution in [1.82, 2.24) is 10.0 Å². The van der Waals surface area contributed by atoms with E-state index in [-0.39, 0.29) is 23.8 Å². The fraction of sp³-hybridized carbons (Fsp3) is 0.526. The monoisotopic (exact) mass is 409 g/mol. The average molecular weight is 410 g/mol. The number of hydrogen-bond acceptors (Lipinski definition) is 6. The fourth-order valence-electron chi connectivity index (χ4n) is 2.10. The molecule has 1 aromatic rings. The van der Waals surface area contributed by atoms with Crippen molar-refractivity contribution < 1.29 is 22.7 Å². The Labute approximate surface area is 166 Å². The van der Waals surface area contributed by atoms with E-state index < -0.39 is 34.0 Å². The Morgan fingerprint density at radius 1 is 1.25 bits per heavy atom. The summed E-state index contributed by atoms with van der Waals surface area (Å²) >= 11 is 0. The maximum absolute atomic E-state index is 12.2. The normalized spacial score (nSPS) is 13.5. The van der Waals surface area contributed by atoms with E-state index >= 15 is 0 Å². The van der Waals surface area contributed by atoms with E-state index in [1.807, 2.05) is 19.9 Å². The lowest BCUT2D eigenvalue weighted by molar-refractivity contribution is -0.148. The molecule has 0 radical (unpaired) electrons. The predicted octanol–water partition coefficient (Wildman–Crippen LogP) is 1.57. The summed E-state index contributed by atoms with van der Waals surface area (Å²) in [4.78, 5) is 23.7. The first-order valence-corrected chi connectivity index (χ1v) is 10.3. The number of ether oxygens (including phenoxy) is 1. The number of amides is 1. The Morgan fingerprint density at radius 2 is 1.89 bits per heavy atom. The fourth-order valence-corrected chi connectivity index (χ4v) is 3.21. The van der Waals surface area contributed by atoms with E-state index in [9.17, 15) is 18.0 Å². The van der Waals surface area contributed by atoms with Crippen LogP contribution in [0.1, 0.15) is 38.3 Å². The first kappa shape index (κ1) is 23.6. The van der Waals surface area contributed by atoms with Gasteiger partial charge in [0.05, 0.1) is 17.4 Å². The van der Waals surface area contributed by atoms with Crippen molar-refractivity contribution >= 4 is 21.9 Å². The van der Waals surface area contributed by atoms with E-state index in [1.54, 1.807) is 32.9 Å². The smallest absolute Gasteiger partial charge is 0.307 e. The number of sulfonamides is 1. The molecular formula is C19H27N3O5S. The van der Waals surface area contributed by atoms with Gasteiger partial charge in [-0.05, 0) is 49.9 Å². The Kier molecular flexibility index (Phi) is 8.14. The van der Waals surface area contributed by atoms with E-state index in [4.69, 9.17) is 10.00 Å². The van der Waals surface area contributed by atoms with Crippen LogP contribution in [0, 0.1) is 31.1 Å². The molecule has 0 aliphatic carbocycles. The number of nitriles is 1. The summed E-state index contributed by atoms with van der Waals surface area (Å²) in [6, 6.07) is 6.78. The van der Waals surface area contributed by atoms with Crippen LogP contribution in [0.3, 0.4) is 0 Å². The third kappa shape index (κ3) is 6.62. The number of rotatable bonds is 9. The van der Waals surface area contributed by atoms with Gasteiger partial charge in [0.15, 0.2) is 6.61 Å². The minimum absolute atomic E-state index is 0.118. The second-order valence-electron chi connectivity index (χ2n) is 7.07. The average Bonchev–Trinajstić information content (AvgIpc) is 2.61. The molecule has 0 aliphatic heterocycles. The van der Waals surface area contributed by atoms with Gasteiger partial charge in [0, 0.05) is 6.54 Å². The van der Waals surface area contributed by atoms with Gasteiger partial charge < -0.3 is 10.1 Å². The quantitative estimate of drug-likeness (QED) is 0.596. The largest absolute Gasteiger partial charge is 0.456 e. The van der Waals surface area contributed by atoms with Crippen molar-refractivity contribution in [1.29, 1.82) is 5.26 Å². The van der Waals surface area contributed by atoms with Crippen LogP contribution in [0.4, 0.5) is 0 Å². The molecule has 1 amide bonds. The number of nitrogens with zero attached hydrogens (tertiary/aromatic N) is 1. The molecule has 8 nitrogen and oxygen atoms in total. The van der Waals surface area contributed by atoms with E-state index in [0.717, 1.165) is 11.1 Å². The number of hydrogen-bond donors (Lipinski definition) is 2. The summed E-state index contributed by atoms with van der Waals surface area (Å²) in [5.41, 5.74) is 0.760. The third-order valence-corrected chi connectivity index (χ3v) is 6.02. The molecule has 0 spiro atoms. The molecule has 1 atom stereocenters. The highest BCUT2D eigenvalue weighted by Gasteiger charge is 2.30. The van der Waals surface area contributed by atoms with E-state index in [0.29, 0.717) is 0 Å². The molecular weight excluding hydrogens is 382 g/mol. The standard InChI is InChI=1S/C19H27N3O5S/c1-13(2)19(5,12-20)22-17(23)11-27-18(24)8-9-21-28(25,26)16-7-6-14(3)15(4)10-16/h6-7,10,13,21H,8-9,11H2,1-5H3,(H,22,23)/t19-/m1/s1. The minimum atomic E-state index is -3.74. The van der Waals surface area contributed by atoms with Crippen molar-refractivity contribution in [3.8, 4) is 6.07 Å². The van der Waals surface area contributed by atoms with Crippen LogP contribution in [0.5, 0.6) is 0 Å². The van der Waals surface area contributed by atoms with Gasteiger partial charge in [0.1, 0.15) is 5.54 Å². The number of benzene rings is 1. The molecule has 0 aliphatic rings. The van der Waals surface area contributed by atoms with Crippen LogP contribution < -0.4 is 10.0 Å². The summed E-state index contributed by atoms with van der Waals surface area (Å²) in [7, 11) is -3.74. The van der Waals surface area contributed by atoms with Gasteiger partial charge in [-0.3, -0.25) is 9.59 Å². The zero-order valence-electron chi connectivity index (χ0n) is 16.8. The Hall–Kier alpha value is -2.44. The zero-order chi connectivity index (χ0) is 21.5. The minimum Gasteiger partial charge on any atom is -0.456 e. The van der Waals surface area contributed by atoms with Crippen LogP contribution in [0.15, 0.2) is 23.1 Å². The van der Waals surface area contributed by atoms with Crippen LogP contribution >= 0.6 is 0 Å². The highest BCUT2D eigenvalue weighted by molar-refractivity contribution is 7.89. The molecule has 0 saturated carbocycles. The molecule has 1 aromatic carbocycles. The first-order valence-electron chi connectivity index (χ1n) is 8.86. The van der Waals surface area contributed by atoms with Gasteiger partial charge in [0.25, 0.3) is 5.91 Å². The van der Waals surface area contributed by atoms with Crippen molar-refractivity contribution in [3.63, 3.8) is 0 Å². The first-order chi connectivity index (χ1) is 12.9. The van der Waals surface area contributed by atoms with Gasteiger partial charge >= 0.3 is 5.97 Å². The maximum atomic E-state index is 12.2. The number of aryl methyl sites for hydroxylation is 2. The van der Waals surface area contributed by atoms with Crippen LogP contribution in [-0.2, 0) is 24.3 Å². The van der Waals surface area contributed by atoms with Gasteiger partial charge in [-0.2, -0.15) is 5.26 Å². The summed E-state index contributed by atoms with van der Waals surface area (Å²) < 4.78 is 31.6. The summed E-state index contributed by atoms with van der Waals surface area (Å²) in [5.74, 6) is -1.44. The zero-order valence-corrected chi connectivity index (χ0v) is 17.6. The molecule has 0 bridgehead atoms. The maximum Gasteiger partial charge on any atom is 0.307 e. The molecule has 0 heterocycles. The number of esters is 1. The van der Waals surface area contributed by atoms with Crippen LogP contribution in [0.25, 0.3) is 0 Å². The second-order valence-corrected chi connectivity index (χ2v) is 8.84. The molecule has 154 valence electrons. The molecule has 2 N–H and O–H groups in total. The SMILES string of the molecule is Cc1ccc(S(=O)(=O)NCCC(=O)OCC(=O)N[C@](C)(C#N)C(C)C)cc1C.